The zero-order valence-electron chi connectivity index (χ0n) is 12.9. The summed E-state index contributed by atoms with van der Waals surface area (Å²) in [6.07, 6.45) is 3.45. The second-order valence-corrected chi connectivity index (χ2v) is 6.01. The summed E-state index contributed by atoms with van der Waals surface area (Å²) in [5.74, 6) is 0.921. The van der Waals surface area contributed by atoms with Gasteiger partial charge >= 0.3 is 0 Å². The van der Waals surface area contributed by atoms with Crippen LogP contribution in [-0.2, 0) is 6.42 Å². The molecule has 0 heterocycles. The zero-order valence-corrected chi connectivity index (χ0v) is 12.9. The molecule has 1 fully saturated rings. The highest BCUT2D eigenvalue weighted by atomic mass is 16.2. The van der Waals surface area contributed by atoms with E-state index in [9.17, 15) is 4.79 Å². The predicted molar refractivity (Wildman–Crippen MR) is 83.0 cm³/mol. The molecule has 1 saturated carbocycles. The van der Waals surface area contributed by atoms with Crippen LogP contribution in [0.3, 0.4) is 0 Å². The van der Waals surface area contributed by atoms with Crippen molar-refractivity contribution in [1.29, 1.82) is 0 Å². The summed E-state index contributed by atoms with van der Waals surface area (Å²) in [7, 11) is 1.94. The molecule has 0 saturated heterocycles. The lowest BCUT2D eigenvalue weighted by Gasteiger charge is -2.27. The number of rotatable bonds is 7. The van der Waals surface area contributed by atoms with Crippen molar-refractivity contribution < 1.29 is 4.79 Å². The topological polar surface area (TPSA) is 32.3 Å². The van der Waals surface area contributed by atoms with E-state index in [0.717, 1.165) is 36.6 Å². The summed E-state index contributed by atoms with van der Waals surface area (Å²) >= 11 is 0. The van der Waals surface area contributed by atoms with Gasteiger partial charge in [0.2, 0.25) is 0 Å². The van der Waals surface area contributed by atoms with E-state index in [1.54, 1.807) is 0 Å². The highest BCUT2D eigenvalue weighted by Crippen LogP contribution is 2.31. The first-order chi connectivity index (χ1) is 9.63. The summed E-state index contributed by atoms with van der Waals surface area (Å²) in [6.45, 7) is 6.03. The molecule has 1 amide bonds. The second kappa shape index (κ2) is 6.89. The third-order valence-electron chi connectivity index (χ3n) is 3.93. The molecule has 0 atom stereocenters. The molecular formula is C17H26N2O. The molecule has 1 aromatic carbocycles. The molecule has 0 spiro atoms. The van der Waals surface area contributed by atoms with Gasteiger partial charge in [-0.25, -0.2) is 0 Å². The number of hydrogen-bond donors (Lipinski definition) is 1. The fourth-order valence-electron chi connectivity index (χ4n) is 2.47. The van der Waals surface area contributed by atoms with Crippen molar-refractivity contribution in [2.75, 3.05) is 20.1 Å². The average molecular weight is 274 g/mol. The van der Waals surface area contributed by atoms with Crippen LogP contribution in [0, 0.1) is 5.92 Å². The van der Waals surface area contributed by atoms with Crippen LogP contribution in [0.25, 0.3) is 0 Å². The van der Waals surface area contributed by atoms with Gasteiger partial charge in [0.05, 0.1) is 0 Å². The summed E-state index contributed by atoms with van der Waals surface area (Å²) in [4.78, 5) is 14.9. The van der Waals surface area contributed by atoms with Crippen molar-refractivity contribution in [3.63, 3.8) is 0 Å². The number of nitrogens with one attached hydrogen (secondary N) is 1. The largest absolute Gasteiger partial charge is 0.336 e. The molecule has 1 aliphatic rings. The summed E-state index contributed by atoms with van der Waals surface area (Å²) in [5, 5.41) is 3.15. The van der Waals surface area contributed by atoms with Crippen LogP contribution in [0.2, 0.25) is 0 Å². The highest BCUT2D eigenvalue weighted by molar-refractivity contribution is 5.96. The molecule has 3 nitrogen and oxygen atoms in total. The Kier molecular flexibility index (Phi) is 5.18. The van der Waals surface area contributed by atoms with Gasteiger partial charge in [-0.05, 0) is 64.3 Å². The van der Waals surface area contributed by atoms with Crippen LogP contribution in [0.4, 0.5) is 0 Å². The second-order valence-electron chi connectivity index (χ2n) is 6.01. The maximum Gasteiger partial charge on any atom is 0.254 e. The van der Waals surface area contributed by atoms with Gasteiger partial charge in [-0.1, -0.05) is 18.2 Å². The van der Waals surface area contributed by atoms with Gasteiger partial charge < -0.3 is 10.2 Å². The Balaban J connectivity index is 2.16. The summed E-state index contributed by atoms with van der Waals surface area (Å²) in [5.41, 5.74) is 2.02. The number of benzene rings is 1. The summed E-state index contributed by atoms with van der Waals surface area (Å²) in [6, 6.07) is 8.28. The Hall–Kier alpha value is -1.35. The molecule has 0 bridgehead atoms. The normalized spacial score (nSPS) is 14.6. The quantitative estimate of drug-likeness (QED) is 0.829. The minimum atomic E-state index is 0.193. The van der Waals surface area contributed by atoms with Crippen LogP contribution >= 0.6 is 0 Å². The van der Waals surface area contributed by atoms with Gasteiger partial charge in [0.25, 0.3) is 5.91 Å². The van der Waals surface area contributed by atoms with Gasteiger partial charge in [0, 0.05) is 18.2 Å². The van der Waals surface area contributed by atoms with E-state index in [-0.39, 0.29) is 11.9 Å². The van der Waals surface area contributed by atoms with Crippen LogP contribution in [-0.4, -0.2) is 37.0 Å². The van der Waals surface area contributed by atoms with E-state index in [1.165, 1.54) is 12.8 Å². The van der Waals surface area contributed by atoms with Crippen molar-refractivity contribution in [3.05, 3.63) is 35.4 Å². The van der Waals surface area contributed by atoms with E-state index in [2.05, 4.69) is 25.2 Å². The lowest BCUT2D eigenvalue weighted by atomic mass is 10.0. The SMILES string of the molecule is CNCCc1ccccc1C(=O)N(CC1CC1)C(C)C. The third kappa shape index (κ3) is 3.83. The first kappa shape index (κ1) is 15.0. The molecular weight excluding hydrogens is 248 g/mol. The predicted octanol–water partition coefficient (Wildman–Crippen LogP) is 2.71. The van der Waals surface area contributed by atoms with Crippen LogP contribution in [0.5, 0.6) is 0 Å². The Labute approximate surface area is 122 Å². The highest BCUT2D eigenvalue weighted by Gasteiger charge is 2.29. The van der Waals surface area contributed by atoms with Crippen LogP contribution < -0.4 is 5.32 Å². The molecule has 0 aromatic heterocycles. The van der Waals surface area contributed by atoms with Crippen LogP contribution in [0.15, 0.2) is 24.3 Å². The maximum absolute atomic E-state index is 12.8. The molecule has 2 rings (SSSR count). The molecule has 20 heavy (non-hydrogen) atoms. The lowest BCUT2D eigenvalue weighted by Crippen LogP contribution is -2.39. The molecule has 1 N–H and O–H groups in total. The van der Waals surface area contributed by atoms with Gasteiger partial charge in [0.1, 0.15) is 0 Å². The molecule has 0 aliphatic heterocycles. The fourth-order valence-corrected chi connectivity index (χ4v) is 2.47. The standard InChI is InChI=1S/C17H26N2O/c1-13(2)19(12-14-8-9-14)17(20)16-7-5-4-6-15(16)10-11-18-3/h4-7,13-14,18H,8-12H2,1-3H3. The van der Waals surface area contributed by atoms with Gasteiger partial charge in [-0.15, -0.1) is 0 Å². The lowest BCUT2D eigenvalue weighted by molar-refractivity contribution is 0.0695. The molecule has 1 aliphatic carbocycles. The molecule has 110 valence electrons. The van der Waals surface area contributed by atoms with Crippen molar-refractivity contribution in [2.24, 2.45) is 5.92 Å². The zero-order chi connectivity index (χ0) is 14.5. The van der Waals surface area contributed by atoms with E-state index < -0.39 is 0 Å². The van der Waals surface area contributed by atoms with Crippen molar-refractivity contribution in [2.45, 2.75) is 39.2 Å². The molecule has 3 heteroatoms. The van der Waals surface area contributed by atoms with E-state index in [4.69, 9.17) is 0 Å². The molecule has 1 aromatic rings. The minimum Gasteiger partial charge on any atom is -0.336 e. The van der Waals surface area contributed by atoms with E-state index in [1.807, 2.05) is 30.1 Å². The third-order valence-corrected chi connectivity index (χ3v) is 3.93. The number of likely N-dealkylation sites (N-methyl/N-ethyl adjacent to an activating group) is 1. The van der Waals surface area contributed by atoms with Crippen molar-refractivity contribution in [3.8, 4) is 0 Å². The number of amides is 1. The Bertz CT molecular complexity index is 452. The fraction of sp³-hybridized carbons (Fsp3) is 0.588. The number of hydrogen-bond acceptors (Lipinski definition) is 2. The average Bonchev–Trinajstić information content (AvgIpc) is 3.26. The monoisotopic (exact) mass is 274 g/mol. The van der Waals surface area contributed by atoms with Gasteiger partial charge in [-0.3, -0.25) is 4.79 Å². The minimum absolute atomic E-state index is 0.193. The Morgan fingerprint density at radius 1 is 1.35 bits per heavy atom. The van der Waals surface area contributed by atoms with E-state index in [0.29, 0.717) is 0 Å². The number of carbonyl (C=O) groups is 1. The maximum atomic E-state index is 12.8. The Morgan fingerprint density at radius 3 is 2.65 bits per heavy atom. The molecule has 0 radical (unpaired) electrons. The van der Waals surface area contributed by atoms with Crippen LogP contribution in [0.1, 0.15) is 42.6 Å². The van der Waals surface area contributed by atoms with Gasteiger partial charge in [0.15, 0.2) is 0 Å². The van der Waals surface area contributed by atoms with E-state index >= 15 is 0 Å². The first-order valence-electron chi connectivity index (χ1n) is 7.67. The summed E-state index contributed by atoms with van der Waals surface area (Å²) < 4.78 is 0. The van der Waals surface area contributed by atoms with Crippen molar-refractivity contribution in [1.82, 2.24) is 10.2 Å². The number of carbonyl (C=O) groups excluding carboxylic acids is 1. The molecule has 0 unspecified atom stereocenters. The van der Waals surface area contributed by atoms with Gasteiger partial charge in [-0.2, -0.15) is 0 Å². The Morgan fingerprint density at radius 2 is 2.05 bits per heavy atom. The first-order valence-corrected chi connectivity index (χ1v) is 7.67. The smallest absolute Gasteiger partial charge is 0.254 e. The van der Waals surface area contributed by atoms with Crippen molar-refractivity contribution >= 4 is 5.91 Å². The number of nitrogens with zero attached hydrogens (tertiary/aromatic N) is 1.